The van der Waals surface area contributed by atoms with E-state index in [0.29, 0.717) is 0 Å². The molecule has 5 rings (SSSR count). The number of carboxylic acid groups (broad SMARTS) is 1. The van der Waals surface area contributed by atoms with Crippen LogP contribution in [0, 0.1) is 24.7 Å². The number of hydrogen-bond acceptors (Lipinski definition) is 3. The largest absolute Gasteiger partial charge is 0.476 e. The van der Waals surface area contributed by atoms with Gasteiger partial charge in [-0.3, -0.25) is 0 Å². The van der Waals surface area contributed by atoms with E-state index in [1.165, 1.54) is 19.3 Å². The van der Waals surface area contributed by atoms with E-state index in [1.54, 1.807) is 0 Å². The lowest BCUT2D eigenvalue weighted by Crippen LogP contribution is -2.49. The monoisotopic (exact) mass is 261 g/mol. The third-order valence-corrected chi connectivity index (χ3v) is 5.63. The Kier molecular flexibility index (Phi) is 2.19. The van der Waals surface area contributed by atoms with Crippen LogP contribution in [0.25, 0.3) is 0 Å². The maximum absolute atomic E-state index is 11.4. The third-order valence-electron chi connectivity index (χ3n) is 5.63. The van der Waals surface area contributed by atoms with Crippen LogP contribution in [0.4, 0.5) is 0 Å². The normalized spacial score (nSPS) is 39.7. The molecule has 4 aliphatic carbocycles. The molecular formula is C15H19NO3. The molecular weight excluding hydrogens is 242 g/mol. The molecule has 1 aromatic rings. The molecule has 0 atom stereocenters. The number of aryl methyl sites for hydroxylation is 1. The average Bonchev–Trinajstić information content (AvgIpc) is 2.70. The number of nitrogens with zero attached hydrogens (tertiary/aromatic N) is 1. The van der Waals surface area contributed by atoms with Gasteiger partial charge in [-0.1, -0.05) is 5.16 Å². The fraction of sp³-hybridized carbons (Fsp3) is 0.733. The number of carboxylic acids is 1. The first-order chi connectivity index (χ1) is 9.07. The molecule has 4 nitrogen and oxygen atoms in total. The maximum Gasteiger partial charge on any atom is 0.358 e. The fourth-order valence-electron chi connectivity index (χ4n) is 5.56. The minimum Gasteiger partial charge on any atom is -0.476 e. The lowest BCUT2D eigenvalue weighted by atomic mass is 9.48. The van der Waals surface area contributed by atoms with Gasteiger partial charge in [0.25, 0.3) is 0 Å². The van der Waals surface area contributed by atoms with Crippen molar-refractivity contribution in [1.82, 2.24) is 5.16 Å². The second-order valence-electron chi connectivity index (χ2n) is 6.97. The molecule has 0 spiro atoms. The number of aromatic carboxylic acids is 1. The topological polar surface area (TPSA) is 63.3 Å². The van der Waals surface area contributed by atoms with Crippen molar-refractivity contribution in [2.45, 2.75) is 50.9 Å². The quantitative estimate of drug-likeness (QED) is 0.888. The van der Waals surface area contributed by atoms with E-state index < -0.39 is 5.97 Å². The van der Waals surface area contributed by atoms with Crippen LogP contribution >= 0.6 is 0 Å². The van der Waals surface area contributed by atoms with Gasteiger partial charge in [0.2, 0.25) is 0 Å². The second-order valence-corrected chi connectivity index (χ2v) is 6.97. The summed E-state index contributed by atoms with van der Waals surface area (Å²) in [5.74, 6) is 2.16. The highest BCUT2D eigenvalue weighted by molar-refractivity contribution is 5.87. The van der Waals surface area contributed by atoms with Crippen LogP contribution in [-0.2, 0) is 5.41 Å². The Morgan fingerprint density at radius 1 is 1.21 bits per heavy atom. The Bertz CT molecular complexity index is 510. The van der Waals surface area contributed by atoms with Crippen LogP contribution in [0.15, 0.2) is 4.52 Å². The van der Waals surface area contributed by atoms with Gasteiger partial charge in [0.05, 0.1) is 0 Å². The molecule has 4 saturated carbocycles. The molecule has 0 radical (unpaired) electrons. The summed E-state index contributed by atoms with van der Waals surface area (Å²) >= 11 is 0. The van der Waals surface area contributed by atoms with Gasteiger partial charge in [0.15, 0.2) is 5.69 Å². The Balaban J connectivity index is 1.84. The summed E-state index contributed by atoms with van der Waals surface area (Å²) in [5, 5.41) is 13.2. The SMILES string of the molecule is Cc1onc(C(=O)O)c1C12CC3CC(CC(C3)C1)C2. The minimum atomic E-state index is -0.942. The van der Waals surface area contributed by atoms with Crippen molar-refractivity contribution in [3.05, 3.63) is 17.0 Å². The zero-order valence-electron chi connectivity index (χ0n) is 11.2. The smallest absolute Gasteiger partial charge is 0.358 e. The molecule has 0 amide bonds. The van der Waals surface area contributed by atoms with Crippen molar-refractivity contribution < 1.29 is 14.4 Å². The zero-order valence-corrected chi connectivity index (χ0v) is 11.2. The first-order valence-electron chi connectivity index (χ1n) is 7.27. The summed E-state index contributed by atoms with van der Waals surface area (Å²) in [6, 6.07) is 0. The molecule has 0 unspecified atom stereocenters. The highest BCUT2D eigenvalue weighted by Crippen LogP contribution is 2.61. The summed E-state index contributed by atoms with van der Waals surface area (Å²) in [7, 11) is 0. The highest BCUT2D eigenvalue weighted by Gasteiger charge is 2.54. The van der Waals surface area contributed by atoms with E-state index in [1.807, 2.05) is 6.92 Å². The van der Waals surface area contributed by atoms with E-state index in [2.05, 4.69) is 5.16 Å². The summed E-state index contributed by atoms with van der Waals surface area (Å²) in [4.78, 5) is 11.4. The Hall–Kier alpha value is -1.32. The Morgan fingerprint density at radius 2 is 1.74 bits per heavy atom. The molecule has 0 aromatic carbocycles. The van der Waals surface area contributed by atoms with Gasteiger partial charge >= 0.3 is 5.97 Å². The summed E-state index contributed by atoms with van der Waals surface area (Å²) in [6.07, 6.45) is 7.48. The van der Waals surface area contributed by atoms with Crippen molar-refractivity contribution in [3.63, 3.8) is 0 Å². The average molecular weight is 261 g/mol. The molecule has 4 fully saturated rings. The molecule has 0 aliphatic heterocycles. The first kappa shape index (κ1) is 11.5. The number of carbonyl (C=O) groups is 1. The summed E-state index contributed by atoms with van der Waals surface area (Å²) in [6.45, 7) is 1.87. The van der Waals surface area contributed by atoms with E-state index >= 15 is 0 Å². The van der Waals surface area contributed by atoms with Crippen molar-refractivity contribution >= 4 is 5.97 Å². The van der Waals surface area contributed by atoms with Crippen LogP contribution in [0.2, 0.25) is 0 Å². The Morgan fingerprint density at radius 3 is 2.21 bits per heavy atom. The molecule has 4 aliphatic rings. The van der Waals surface area contributed by atoms with E-state index in [-0.39, 0.29) is 11.1 Å². The standard InChI is InChI=1S/C15H19NO3/c1-8-12(13(14(17)18)16-19-8)15-5-9-2-10(6-15)4-11(3-9)7-15/h9-11H,2-7H2,1H3,(H,17,18). The lowest BCUT2D eigenvalue weighted by molar-refractivity contribution is -0.00637. The van der Waals surface area contributed by atoms with Gasteiger partial charge < -0.3 is 9.63 Å². The summed E-state index contributed by atoms with van der Waals surface area (Å²) in [5.41, 5.74) is 1.13. The molecule has 4 heteroatoms. The lowest BCUT2D eigenvalue weighted by Gasteiger charge is -2.56. The zero-order chi connectivity index (χ0) is 13.2. The van der Waals surface area contributed by atoms with Crippen LogP contribution < -0.4 is 0 Å². The van der Waals surface area contributed by atoms with Crippen molar-refractivity contribution in [1.29, 1.82) is 0 Å². The van der Waals surface area contributed by atoms with Crippen LogP contribution in [-0.4, -0.2) is 16.2 Å². The molecule has 0 saturated heterocycles. The molecule has 102 valence electrons. The highest BCUT2D eigenvalue weighted by atomic mass is 16.5. The molecule has 4 bridgehead atoms. The van der Waals surface area contributed by atoms with Crippen molar-refractivity contribution in [2.24, 2.45) is 17.8 Å². The molecule has 1 N–H and O–H groups in total. The van der Waals surface area contributed by atoms with Crippen LogP contribution in [0.5, 0.6) is 0 Å². The van der Waals surface area contributed by atoms with Gasteiger partial charge in [-0.15, -0.1) is 0 Å². The van der Waals surface area contributed by atoms with E-state index in [9.17, 15) is 9.90 Å². The van der Waals surface area contributed by atoms with Gasteiger partial charge in [-0.05, 0) is 63.2 Å². The van der Waals surface area contributed by atoms with Gasteiger partial charge in [-0.25, -0.2) is 4.79 Å². The van der Waals surface area contributed by atoms with Crippen LogP contribution in [0.1, 0.15) is 60.3 Å². The molecule has 1 heterocycles. The van der Waals surface area contributed by atoms with Crippen LogP contribution in [0.3, 0.4) is 0 Å². The van der Waals surface area contributed by atoms with Crippen molar-refractivity contribution in [3.8, 4) is 0 Å². The predicted molar refractivity (Wildman–Crippen MR) is 68.0 cm³/mol. The number of rotatable bonds is 2. The first-order valence-corrected chi connectivity index (χ1v) is 7.27. The maximum atomic E-state index is 11.4. The van der Waals surface area contributed by atoms with E-state index in [0.717, 1.165) is 48.3 Å². The van der Waals surface area contributed by atoms with Gasteiger partial charge in [0, 0.05) is 11.0 Å². The summed E-state index contributed by atoms with van der Waals surface area (Å²) < 4.78 is 5.22. The third kappa shape index (κ3) is 1.52. The van der Waals surface area contributed by atoms with Gasteiger partial charge in [0.1, 0.15) is 5.76 Å². The van der Waals surface area contributed by atoms with E-state index in [4.69, 9.17) is 4.52 Å². The van der Waals surface area contributed by atoms with Crippen molar-refractivity contribution in [2.75, 3.05) is 0 Å². The molecule has 1 aromatic heterocycles. The molecule has 19 heavy (non-hydrogen) atoms. The fourth-order valence-corrected chi connectivity index (χ4v) is 5.56. The second kappa shape index (κ2) is 3.62. The van der Waals surface area contributed by atoms with Gasteiger partial charge in [-0.2, -0.15) is 0 Å². The number of hydrogen-bond donors (Lipinski definition) is 1. The Labute approximate surface area is 112 Å². The number of aromatic nitrogens is 1. The minimum absolute atomic E-state index is 0.0482. The predicted octanol–water partition coefficient (Wildman–Crippen LogP) is 3.15.